The van der Waals surface area contributed by atoms with E-state index in [9.17, 15) is 9.59 Å². The zero-order valence-electron chi connectivity index (χ0n) is 18.1. The van der Waals surface area contributed by atoms with Crippen molar-refractivity contribution in [3.8, 4) is 11.5 Å². The van der Waals surface area contributed by atoms with Crippen LogP contribution in [0.2, 0.25) is 0 Å². The third-order valence-electron chi connectivity index (χ3n) is 6.05. The van der Waals surface area contributed by atoms with Crippen LogP contribution in [0.4, 0.5) is 5.69 Å². The predicted molar refractivity (Wildman–Crippen MR) is 118 cm³/mol. The Kier molecular flexibility index (Phi) is 6.42. The van der Waals surface area contributed by atoms with E-state index >= 15 is 0 Å². The van der Waals surface area contributed by atoms with Gasteiger partial charge in [-0.3, -0.25) is 9.59 Å². The number of ether oxygens (including phenoxy) is 2. The molecular weight excluding hydrogens is 394 g/mol. The summed E-state index contributed by atoms with van der Waals surface area (Å²) in [4.78, 5) is 26.6. The second kappa shape index (κ2) is 9.39. The maximum absolute atomic E-state index is 12.9. The molecule has 1 unspecified atom stereocenters. The summed E-state index contributed by atoms with van der Waals surface area (Å²) >= 11 is 0. The normalized spacial score (nSPS) is 20.2. The van der Waals surface area contributed by atoms with Crippen LogP contribution in [0, 0.1) is 0 Å². The SMILES string of the molecule is COc1ccc([C@@H]2CCC[NH+]2CC(=O)Nc2ccccc2C(=O)NC2CC2)c(OC)c1. The molecule has 0 aromatic heterocycles. The molecule has 1 aliphatic carbocycles. The van der Waals surface area contributed by atoms with Gasteiger partial charge in [-0.15, -0.1) is 0 Å². The maximum Gasteiger partial charge on any atom is 0.279 e. The third kappa shape index (κ3) is 4.99. The van der Waals surface area contributed by atoms with Gasteiger partial charge in [0, 0.05) is 24.9 Å². The lowest BCUT2D eigenvalue weighted by molar-refractivity contribution is -0.910. The molecule has 1 heterocycles. The van der Waals surface area contributed by atoms with Crippen LogP contribution in [-0.4, -0.2) is 45.2 Å². The molecule has 7 heteroatoms. The van der Waals surface area contributed by atoms with Gasteiger partial charge in [-0.25, -0.2) is 0 Å². The highest BCUT2D eigenvalue weighted by Crippen LogP contribution is 2.31. The Morgan fingerprint density at radius 1 is 1.06 bits per heavy atom. The third-order valence-corrected chi connectivity index (χ3v) is 6.05. The van der Waals surface area contributed by atoms with E-state index in [1.165, 1.54) is 4.90 Å². The molecule has 1 saturated carbocycles. The molecule has 4 rings (SSSR count). The number of hydrogen-bond donors (Lipinski definition) is 3. The van der Waals surface area contributed by atoms with Gasteiger partial charge in [0.25, 0.3) is 11.8 Å². The molecule has 0 radical (unpaired) electrons. The van der Waals surface area contributed by atoms with Gasteiger partial charge in [0.1, 0.15) is 17.5 Å². The standard InChI is InChI=1S/C24H29N3O4/c1-30-17-11-12-19(22(14-17)31-2)21-8-5-13-27(21)15-23(28)26-20-7-4-3-6-18(20)24(29)25-16-9-10-16/h3-4,6-7,11-12,14,16,21H,5,8-10,13,15H2,1-2H3,(H,25,29)(H,26,28)/p+1/t21-/m0/s1. The quantitative estimate of drug-likeness (QED) is 0.605. The van der Waals surface area contributed by atoms with Crippen molar-refractivity contribution in [3.05, 3.63) is 53.6 Å². The number of amides is 2. The Labute approximate surface area is 182 Å². The molecule has 2 aromatic carbocycles. The monoisotopic (exact) mass is 424 g/mol. The molecular formula is C24H30N3O4+. The summed E-state index contributed by atoms with van der Waals surface area (Å²) in [7, 11) is 3.29. The van der Waals surface area contributed by atoms with Gasteiger partial charge >= 0.3 is 0 Å². The minimum Gasteiger partial charge on any atom is -0.497 e. The van der Waals surface area contributed by atoms with E-state index in [0.29, 0.717) is 17.8 Å². The highest BCUT2D eigenvalue weighted by Gasteiger charge is 2.34. The Balaban J connectivity index is 1.45. The van der Waals surface area contributed by atoms with E-state index in [2.05, 4.69) is 10.6 Å². The molecule has 0 bridgehead atoms. The van der Waals surface area contributed by atoms with Crippen LogP contribution >= 0.6 is 0 Å². The number of quaternary nitrogens is 1. The van der Waals surface area contributed by atoms with Gasteiger partial charge in [0.15, 0.2) is 6.54 Å². The highest BCUT2D eigenvalue weighted by atomic mass is 16.5. The van der Waals surface area contributed by atoms with Crippen molar-refractivity contribution in [2.75, 3.05) is 32.6 Å². The van der Waals surface area contributed by atoms with Crippen molar-refractivity contribution < 1.29 is 24.0 Å². The molecule has 3 N–H and O–H groups in total. The zero-order chi connectivity index (χ0) is 21.8. The first-order valence-corrected chi connectivity index (χ1v) is 10.8. The Bertz CT molecular complexity index is 958. The molecule has 2 aromatic rings. The molecule has 1 saturated heterocycles. The molecule has 2 atom stereocenters. The number of carbonyl (C=O) groups excluding carboxylic acids is 2. The Morgan fingerprint density at radius 2 is 1.87 bits per heavy atom. The van der Waals surface area contributed by atoms with Gasteiger partial charge in [0.05, 0.1) is 37.6 Å². The fourth-order valence-electron chi connectivity index (χ4n) is 4.29. The van der Waals surface area contributed by atoms with E-state index < -0.39 is 0 Å². The van der Waals surface area contributed by atoms with Crippen molar-refractivity contribution in [2.45, 2.75) is 37.8 Å². The minimum atomic E-state index is -0.132. The average molecular weight is 425 g/mol. The molecule has 164 valence electrons. The second-order valence-corrected chi connectivity index (χ2v) is 8.23. The number of benzene rings is 2. The van der Waals surface area contributed by atoms with Crippen molar-refractivity contribution in [1.82, 2.24) is 5.32 Å². The fourth-order valence-corrected chi connectivity index (χ4v) is 4.29. The van der Waals surface area contributed by atoms with Crippen molar-refractivity contribution >= 4 is 17.5 Å². The highest BCUT2D eigenvalue weighted by molar-refractivity contribution is 6.04. The predicted octanol–water partition coefficient (Wildman–Crippen LogP) is 1.95. The van der Waals surface area contributed by atoms with Crippen molar-refractivity contribution in [2.24, 2.45) is 0 Å². The second-order valence-electron chi connectivity index (χ2n) is 8.23. The van der Waals surface area contributed by atoms with Gasteiger partial charge in [-0.1, -0.05) is 12.1 Å². The van der Waals surface area contributed by atoms with Crippen molar-refractivity contribution in [3.63, 3.8) is 0 Å². The largest absolute Gasteiger partial charge is 0.497 e. The minimum absolute atomic E-state index is 0.0962. The average Bonchev–Trinajstić information content (AvgIpc) is 3.48. The first-order chi connectivity index (χ1) is 15.1. The van der Waals surface area contributed by atoms with Gasteiger partial charge in [0.2, 0.25) is 0 Å². The molecule has 7 nitrogen and oxygen atoms in total. The molecule has 0 spiro atoms. The molecule has 2 aliphatic rings. The lowest BCUT2D eigenvalue weighted by Gasteiger charge is -2.23. The number of carbonyl (C=O) groups is 2. The van der Waals surface area contributed by atoms with E-state index in [4.69, 9.17) is 9.47 Å². The smallest absolute Gasteiger partial charge is 0.279 e. The molecule has 2 amide bonds. The van der Waals surface area contributed by atoms with Crippen LogP contribution in [0.1, 0.15) is 47.6 Å². The van der Waals surface area contributed by atoms with Crippen LogP contribution in [0.5, 0.6) is 11.5 Å². The van der Waals surface area contributed by atoms with E-state index in [-0.39, 0.29) is 23.9 Å². The summed E-state index contributed by atoms with van der Waals surface area (Å²) in [6.45, 7) is 1.25. The molecule has 1 aliphatic heterocycles. The molecule has 2 fully saturated rings. The number of hydrogen-bond acceptors (Lipinski definition) is 4. The van der Waals surface area contributed by atoms with Crippen LogP contribution in [0.25, 0.3) is 0 Å². The van der Waals surface area contributed by atoms with Gasteiger partial charge in [-0.05, 0) is 37.1 Å². The summed E-state index contributed by atoms with van der Waals surface area (Å²) < 4.78 is 10.9. The lowest BCUT2D eigenvalue weighted by Crippen LogP contribution is -3.11. The number of para-hydroxylation sites is 1. The summed E-state index contributed by atoms with van der Waals surface area (Å²) in [5.41, 5.74) is 2.16. The number of methoxy groups -OCH3 is 2. The zero-order valence-corrected chi connectivity index (χ0v) is 18.1. The van der Waals surface area contributed by atoms with E-state index in [1.807, 2.05) is 30.3 Å². The van der Waals surface area contributed by atoms with Gasteiger partial charge in [-0.2, -0.15) is 0 Å². The van der Waals surface area contributed by atoms with Crippen LogP contribution < -0.4 is 25.0 Å². The summed E-state index contributed by atoms with van der Waals surface area (Å²) in [5, 5.41) is 5.95. The summed E-state index contributed by atoms with van der Waals surface area (Å²) in [6, 6.07) is 13.5. The summed E-state index contributed by atoms with van der Waals surface area (Å²) in [5.74, 6) is 1.30. The number of rotatable bonds is 8. The molecule has 31 heavy (non-hydrogen) atoms. The Morgan fingerprint density at radius 3 is 2.61 bits per heavy atom. The number of likely N-dealkylation sites (tertiary alicyclic amines) is 1. The number of nitrogens with one attached hydrogen (secondary N) is 3. The van der Waals surface area contributed by atoms with Crippen LogP contribution in [-0.2, 0) is 4.79 Å². The number of anilines is 1. The Hall–Kier alpha value is -3.06. The fraction of sp³-hybridized carbons (Fsp3) is 0.417. The van der Waals surface area contributed by atoms with Crippen LogP contribution in [0.3, 0.4) is 0 Å². The van der Waals surface area contributed by atoms with E-state index in [1.54, 1.807) is 26.4 Å². The van der Waals surface area contributed by atoms with Gasteiger partial charge < -0.3 is 25.0 Å². The topological polar surface area (TPSA) is 81.1 Å². The van der Waals surface area contributed by atoms with E-state index in [0.717, 1.165) is 49.3 Å². The van der Waals surface area contributed by atoms with Crippen molar-refractivity contribution in [1.29, 1.82) is 0 Å². The van der Waals surface area contributed by atoms with Crippen LogP contribution in [0.15, 0.2) is 42.5 Å². The first-order valence-electron chi connectivity index (χ1n) is 10.8. The lowest BCUT2D eigenvalue weighted by atomic mass is 10.0. The first kappa shape index (κ1) is 21.2. The summed E-state index contributed by atoms with van der Waals surface area (Å²) in [6.07, 6.45) is 4.08. The maximum atomic E-state index is 12.9.